The maximum absolute atomic E-state index is 11.5. The molecule has 0 fully saturated rings. The lowest BCUT2D eigenvalue weighted by atomic mass is 9.97. The Balaban J connectivity index is 1.42. The van der Waals surface area contributed by atoms with Gasteiger partial charge < -0.3 is 19.9 Å². The lowest BCUT2D eigenvalue weighted by molar-refractivity contribution is -0.123. The summed E-state index contributed by atoms with van der Waals surface area (Å²) < 4.78 is 12.0. The number of rotatable bonds is 5. The van der Waals surface area contributed by atoms with Crippen LogP contribution >= 0.6 is 0 Å². The Labute approximate surface area is 169 Å². The van der Waals surface area contributed by atoms with Crippen molar-refractivity contribution in [2.45, 2.75) is 32.0 Å². The van der Waals surface area contributed by atoms with Crippen LogP contribution in [0.2, 0.25) is 0 Å². The van der Waals surface area contributed by atoms with E-state index in [0.29, 0.717) is 17.3 Å². The predicted molar refractivity (Wildman–Crippen MR) is 109 cm³/mol. The molecule has 0 bridgehead atoms. The molecule has 0 saturated heterocycles. The lowest BCUT2D eigenvalue weighted by Crippen LogP contribution is -2.24. The fraction of sp³-hybridized carbons (Fsp3) is 0.217. The molecule has 6 heteroatoms. The van der Waals surface area contributed by atoms with Gasteiger partial charge in [-0.05, 0) is 55.2 Å². The molecule has 0 radical (unpaired) electrons. The van der Waals surface area contributed by atoms with E-state index in [-0.39, 0.29) is 6.10 Å². The highest BCUT2D eigenvalue weighted by atomic mass is 16.5. The highest BCUT2D eigenvalue weighted by Crippen LogP contribution is 2.37. The van der Waals surface area contributed by atoms with Crippen molar-refractivity contribution < 1.29 is 19.4 Å². The van der Waals surface area contributed by atoms with E-state index in [9.17, 15) is 9.90 Å². The second kappa shape index (κ2) is 8.32. The summed E-state index contributed by atoms with van der Waals surface area (Å²) in [4.78, 5) is 15.7. The van der Waals surface area contributed by atoms with Crippen molar-refractivity contribution in [3.05, 3.63) is 78.0 Å². The third-order valence-electron chi connectivity index (χ3n) is 4.75. The summed E-state index contributed by atoms with van der Waals surface area (Å²) in [5.74, 6) is 1.49. The molecular formula is C23H22N2O4. The number of amides is 1. The molecule has 3 aromatic rings. The van der Waals surface area contributed by atoms with Crippen LogP contribution in [0.15, 0.2) is 66.9 Å². The second-order valence-corrected chi connectivity index (χ2v) is 6.98. The Kier molecular flexibility index (Phi) is 5.44. The van der Waals surface area contributed by atoms with Gasteiger partial charge in [-0.1, -0.05) is 30.3 Å². The van der Waals surface area contributed by atoms with E-state index in [2.05, 4.69) is 22.4 Å². The van der Waals surface area contributed by atoms with Gasteiger partial charge in [-0.15, -0.1) is 0 Å². The molecule has 4 rings (SSSR count). The van der Waals surface area contributed by atoms with Crippen LogP contribution in [0.4, 0.5) is 5.69 Å². The molecule has 1 aromatic heterocycles. The monoisotopic (exact) mass is 390 g/mol. The molecule has 2 atom stereocenters. The number of carbonyl (C=O) groups excluding carboxylic acids is 1. The third kappa shape index (κ3) is 4.55. The minimum Gasteiger partial charge on any atom is -0.485 e. The molecule has 2 aromatic carbocycles. The molecule has 148 valence electrons. The van der Waals surface area contributed by atoms with Gasteiger partial charge in [-0.3, -0.25) is 4.79 Å². The van der Waals surface area contributed by atoms with Crippen LogP contribution in [0.1, 0.15) is 30.6 Å². The van der Waals surface area contributed by atoms with Gasteiger partial charge in [-0.25, -0.2) is 4.98 Å². The number of aliphatic hydroxyl groups excluding tert-OH is 1. The average Bonchev–Trinajstić information content (AvgIpc) is 2.75. The zero-order valence-electron chi connectivity index (χ0n) is 16.0. The number of aryl methyl sites for hydroxylation is 1. The van der Waals surface area contributed by atoms with Crippen molar-refractivity contribution in [2.75, 3.05) is 5.32 Å². The van der Waals surface area contributed by atoms with Crippen molar-refractivity contribution in [2.24, 2.45) is 0 Å². The van der Waals surface area contributed by atoms with Gasteiger partial charge in [-0.2, -0.15) is 0 Å². The van der Waals surface area contributed by atoms with Gasteiger partial charge in [0.1, 0.15) is 23.7 Å². The van der Waals surface area contributed by atoms with Crippen LogP contribution in [-0.2, 0) is 11.2 Å². The number of ether oxygens (including phenoxy) is 2. The number of hydrogen-bond acceptors (Lipinski definition) is 5. The molecule has 6 nitrogen and oxygen atoms in total. The van der Waals surface area contributed by atoms with Crippen LogP contribution in [0.5, 0.6) is 17.4 Å². The fourth-order valence-corrected chi connectivity index (χ4v) is 3.21. The van der Waals surface area contributed by atoms with Gasteiger partial charge >= 0.3 is 0 Å². The minimum atomic E-state index is -1.08. The first kappa shape index (κ1) is 19.0. The standard InChI is InChI=1S/C23H22N2O4/c1-15(26)23(27)25-18-8-12-22(24-14-18)28-19-9-11-21-17(13-19)7-10-20(29-21)16-5-3-2-4-6-16/h2-6,8-9,11-15,20,26H,7,10H2,1H3,(H,25,27)/t15-,20?/m0/s1. The highest BCUT2D eigenvalue weighted by Gasteiger charge is 2.21. The van der Waals surface area contributed by atoms with Crippen LogP contribution in [-0.4, -0.2) is 22.1 Å². The van der Waals surface area contributed by atoms with Crippen LogP contribution in [0.3, 0.4) is 0 Å². The SMILES string of the molecule is C[C@H](O)C(=O)Nc1ccc(Oc2ccc3c(c2)CCC(c2ccccc2)O3)nc1. The van der Waals surface area contributed by atoms with E-state index in [1.807, 2.05) is 36.4 Å². The summed E-state index contributed by atoms with van der Waals surface area (Å²) in [5, 5.41) is 11.8. The van der Waals surface area contributed by atoms with Gasteiger partial charge in [0.15, 0.2) is 0 Å². The predicted octanol–water partition coefficient (Wildman–Crippen LogP) is 4.26. The topological polar surface area (TPSA) is 80.7 Å². The molecule has 1 unspecified atom stereocenters. The average molecular weight is 390 g/mol. The zero-order chi connectivity index (χ0) is 20.2. The first-order valence-corrected chi connectivity index (χ1v) is 9.56. The normalized spacial score (nSPS) is 16.3. The molecular weight excluding hydrogens is 368 g/mol. The molecule has 1 amide bonds. The number of benzene rings is 2. The number of pyridine rings is 1. The number of nitrogens with zero attached hydrogens (tertiary/aromatic N) is 1. The van der Waals surface area contributed by atoms with Crippen molar-refractivity contribution >= 4 is 11.6 Å². The molecule has 2 heterocycles. The quantitative estimate of drug-likeness (QED) is 0.680. The highest BCUT2D eigenvalue weighted by molar-refractivity contribution is 5.93. The van der Waals surface area contributed by atoms with Crippen molar-refractivity contribution in [1.82, 2.24) is 4.98 Å². The van der Waals surface area contributed by atoms with E-state index in [1.165, 1.54) is 18.7 Å². The molecule has 1 aliphatic rings. The van der Waals surface area contributed by atoms with Gasteiger partial charge in [0, 0.05) is 6.07 Å². The number of nitrogens with one attached hydrogen (secondary N) is 1. The number of aromatic nitrogens is 1. The van der Waals surface area contributed by atoms with E-state index in [0.717, 1.165) is 24.2 Å². The Hall–Kier alpha value is -3.38. The smallest absolute Gasteiger partial charge is 0.252 e. The largest absolute Gasteiger partial charge is 0.485 e. The first-order chi connectivity index (χ1) is 14.1. The summed E-state index contributed by atoms with van der Waals surface area (Å²) in [5.41, 5.74) is 2.79. The Bertz CT molecular complexity index is 988. The van der Waals surface area contributed by atoms with Crippen LogP contribution in [0, 0.1) is 0 Å². The third-order valence-corrected chi connectivity index (χ3v) is 4.75. The minimum absolute atomic E-state index is 0.0709. The van der Waals surface area contributed by atoms with E-state index in [4.69, 9.17) is 9.47 Å². The van der Waals surface area contributed by atoms with Gasteiger partial charge in [0.05, 0.1) is 11.9 Å². The van der Waals surface area contributed by atoms with Crippen molar-refractivity contribution in [3.63, 3.8) is 0 Å². The molecule has 0 saturated carbocycles. The molecule has 0 aliphatic carbocycles. The van der Waals surface area contributed by atoms with Crippen molar-refractivity contribution in [3.8, 4) is 17.4 Å². The maximum Gasteiger partial charge on any atom is 0.252 e. The number of carbonyl (C=O) groups is 1. The summed E-state index contributed by atoms with van der Waals surface area (Å²) >= 11 is 0. The Morgan fingerprint density at radius 3 is 2.76 bits per heavy atom. The van der Waals surface area contributed by atoms with E-state index in [1.54, 1.807) is 12.1 Å². The van der Waals surface area contributed by atoms with Crippen LogP contribution < -0.4 is 14.8 Å². The zero-order valence-corrected chi connectivity index (χ0v) is 16.0. The van der Waals surface area contributed by atoms with E-state index >= 15 is 0 Å². The number of hydrogen-bond donors (Lipinski definition) is 2. The molecule has 2 N–H and O–H groups in total. The fourth-order valence-electron chi connectivity index (χ4n) is 3.21. The maximum atomic E-state index is 11.5. The number of aliphatic hydroxyl groups is 1. The Morgan fingerprint density at radius 2 is 2.03 bits per heavy atom. The van der Waals surface area contributed by atoms with Crippen LogP contribution in [0.25, 0.3) is 0 Å². The van der Waals surface area contributed by atoms with Crippen molar-refractivity contribution in [1.29, 1.82) is 0 Å². The molecule has 0 spiro atoms. The first-order valence-electron chi connectivity index (χ1n) is 9.56. The summed E-state index contributed by atoms with van der Waals surface area (Å²) in [6, 6.07) is 19.3. The number of fused-ring (bicyclic) bond motifs is 1. The molecule has 1 aliphatic heterocycles. The molecule has 29 heavy (non-hydrogen) atoms. The van der Waals surface area contributed by atoms with E-state index < -0.39 is 12.0 Å². The summed E-state index contributed by atoms with van der Waals surface area (Å²) in [6.07, 6.45) is 2.30. The Morgan fingerprint density at radius 1 is 1.21 bits per heavy atom. The van der Waals surface area contributed by atoms with Gasteiger partial charge in [0.2, 0.25) is 5.88 Å². The number of anilines is 1. The summed E-state index contributed by atoms with van der Waals surface area (Å²) in [6.45, 7) is 1.40. The summed E-state index contributed by atoms with van der Waals surface area (Å²) in [7, 11) is 0. The lowest BCUT2D eigenvalue weighted by Gasteiger charge is -2.26. The second-order valence-electron chi connectivity index (χ2n) is 6.98. The van der Waals surface area contributed by atoms with Gasteiger partial charge in [0.25, 0.3) is 5.91 Å².